The summed E-state index contributed by atoms with van der Waals surface area (Å²) in [5.74, 6) is 2.85. The van der Waals surface area contributed by atoms with Gasteiger partial charge in [-0.3, -0.25) is 9.80 Å². The third kappa shape index (κ3) is 6.80. The number of ether oxygens (including phenoxy) is 3. The Balaban J connectivity index is 0.964. The van der Waals surface area contributed by atoms with Crippen molar-refractivity contribution in [2.45, 2.75) is 12.6 Å². The van der Waals surface area contributed by atoms with Crippen LogP contribution in [0.2, 0.25) is 0 Å². The minimum atomic E-state index is -0.648. The van der Waals surface area contributed by atoms with Crippen LogP contribution in [0.25, 0.3) is 33.8 Å². The highest BCUT2D eigenvalue weighted by Crippen LogP contribution is 2.33. The summed E-state index contributed by atoms with van der Waals surface area (Å²) in [6.45, 7) is 4.65. The second kappa shape index (κ2) is 12.8. The molecule has 43 heavy (non-hydrogen) atoms. The Bertz CT molecular complexity index is 1660. The Morgan fingerprint density at radius 2 is 1.67 bits per heavy atom. The zero-order valence-corrected chi connectivity index (χ0v) is 24.0. The fraction of sp³-hybridized carbons (Fsp3) is 0.312. The van der Waals surface area contributed by atoms with E-state index in [1.165, 1.54) is 12.1 Å². The summed E-state index contributed by atoms with van der Waals surface area (Å²) in [5, 5.41) is 14.9. The van der Waals surface area contributed by atoms with Gasteiger partial charge in [0.15, 0.2) is 11.3 Å². The lowest BCUT2D eigenvalue weighted by Crippen LogP contribution is -2.48. The van der Waals surface area contributed by atoms with Gasteiger partial charge in [-0.25, -0.2) is 9.37 Å². The summed E-state index contributed by atoms with van der Waals surface area (Å²) < 4.78 is 41.3. The fourth-order valence-electron chi connectivity index (χ4n) is 5.13. The molecular formula is C32H33FN4O6. The van der Waals surface area contributed by atoms with E-state index in [4.69, 9.17) is 23.2 Å². The molecule has 6 rings (SSSR count). The molecule has 0 spiro atoms. The second-order valence-electron chi connectivity index (χ2n) is 10.4. The van der Waals surface area contributed by atoms with Gasteiger partial charge in [0.1, 0.15) is 47.0 Å². The lowest BCUT2D eigenvalue weighted by atomic mass is 10.1. The number of methoxy groups -OCH3 is 2. The lowest BCUT2D eigenvalue weighted by molar-refractivity contribution is 0.0430. The Morgan fingerprint density at radius 1 is 0.907 bits per heavy atom. The number of β-amino-alcohol motifs (C(OH)–C–C–N with tert-alkyl or cyclic N) is 1. The van der Waals surface area contributed by atoms with Crippen LogP contribution in [0.15, 0.2) is 75.7 Å². The predicted molar refractivity (Wildman–Crippen MR) is 158 cm³/mol. The molecule has 1 atom stereocenters. The average Bonchev–Trinajstić information content (AvgIpc) is 3.68. The molecule has 3 aromatic carbocycles. The molecule has 11 heteroatoms. The predicted octanol–water partition coefficient (Wildman–Crippen LogP) is 4.86. The number of rotatable bonds is 11. The van der Waals surface area contributed by atoms with Crippen LogP contribution in [0.5, 0.6) is 17.2 Å². The number of oxazole rings is 1. The number of nitrogens with zero attached hydrogens (tertiary/aromatic N) is 4. The molecule has 5 aromatic rings. The van der Waals surface area contributed by atoms with E-state index in [-0.39, 0.29) is 12.4 Å². The molecule has 1 aliphatic rings. The maximum Gasteiger partial charge on any atom is 0.227 e. The molecule has 224 valence electrons. The molecule has 0 amide bonds. The van der Waals surface area contributed by atoms with Crippen molar-refractivity contribution < 1.29 is 32.6 Å². The highest BCUT2D eigenvalue weighted by molar-refractivity contribution is 5.77. The van der Waals surface area contributed by atoms with Gasteiger partial charge in [0, 0.05) is 62.0 Å². The monoisotopic (exact) mass is 588 g/mol. The number of halogens is 1. The number of benzene rings is 3. The number of aliphatic hydroxyl groups excluding tert-OH is 1. The maximum absolute atomic E-state index is 13.2. The van der Waals surface area contributed by atoms with E-state index >= 15 is 0 Å². The molecule has 0 unspecified atom stereocenters. The molecule has 1 N–H and O–H groups in total. The van der Waals surface area contributed by atoms with Crippen molar-refractivity contribution in [1.29, 1.82) is 0 Å². The van der Waals surface area contributed by atoms with Crippen molar-refractivity contribution in [3.05, 3.63) is 78.3 Å². The largest absolute Gasteiger partial charge is 0.497 e. The third-order valence-electron chi connectivity index (χ3n) is 7.45. The second-order valence-corrected chi connectivity index (χ2v) is 10.4. The van der Waals surface area contributed by atoms with Gasteiger partial charge in [-0.05, 0) is 48.5 Å². The van der Waals surface area contributed by atoms with E-state index in [1.54, 1.807) is 44.6 Å². The van der Waals surface area contributed by atoms with Crippen LogP contribution in [-0.4, -0.2) is 84.7 Å². The van der Waals surface area contributed by atoms with Crippen molar-refractivity contribution >= 4 is 11.1 Å². The summed E-state index contributed by atoms with van der Waals surface area (Å²) in [6, 6.07) is 18.9. The normalized spacial score (nSPS) is 15.1. The van der Waals surface area contributed by atoms with E-state index in [0.29, 0.717) is 58.6 Å². The minimum absolute atomic E-state index is 0.157. The van der Waals surface area contributed by atoms with Gasteiger partial charge >= 0.3 is 0 Å². The number of aromatic nitrogens is 2. The van der Waals surface area contributed by atoms with Crippen molar-refractivity contribution in [2.75, 3.05) is 53.6 Å². The number of fused-ring (bicyclic) bond motifs is 1. The Hall–Kier alpha value is -4.45. The van der Waals surface area contributed by atoms with Crippen LogP contribution < -0.4 is 14.2 Å². The van der Waals surface area contributed by atoms with Crippen LogP contribution in [0.3, 0.4) is 0 Å². The van der Waals surface area contributed by atoms with Crippen molar-refractivity contribution in [1.82, 2.24) is 19.9 Å². The van der Waals surface area contributed by atoms with Crippen LogP contribution in [-0.2, 0) is 6.54 Å². The molecule has 0 radical (unpaired) electrons. The molecule has 0 bridgehead atoms. The van der Waals surface area contributed by atoms with Crippen molar-refractivity contribution in [2.24, 2.45) is 0 Å². The first-order chi connectivity index (χ1) is 21.0. The molecule has 1 saturated heterocycles. The summed E-state index contributed by atoms with van der Waals surface area (Å²) >= 11 is 0. The number of piperazine rings is 1. The smallest absolute Gasteiger partial charge is 0.227 e. The highest BCUT2D eigenvalue weighted by atomic mass is 19.1. The van der Waals surface area contributed by atoms with Gasteiger partial charge < -0.3 is 28.3 Å². The average molecular weight is 589 g/mol. The Morgan fingerprint density at radius 3 is 2.44 bits per heavy atom. The van der Waals surface area contributed by atoms with Gasteiger partial charge in [0.2, 0.25) is 5.89 Å². The standard InChI is InChI=1S/C32H33FN4O6/c1-39-24-7-9-27(31(17-24)40-2)28-16-26(43-35-28)19-37-13-11-36(12-14-37)18-23(38)20-41-25-8-10-30-29(15-25)34-32(42-30)21-3-5-22(33)6-4-21/h3-10,15-17,23,38H,11-14,18-20H2,1-2H3/t23-/m0/s1. The molecule has 2 aromatic heterocycles. The third-order valence-corrected chi connectivity index (χ3v) is 7.45. The molecule has 3 heterocycles. The van der Waals surface area contributed by atoms with Crippen LogP contribution >= 0.6 is 0 Å². The number of aliphatic hydroxyl groups is 1. The highest BCUT2D eigenvalue weighted by Gasteiger charge is 2.22. The van der Waals surface area contributed by atoms with Gasteiger partial charge in [0.25, 0.3) is 0 Å². The first kappa shape index (κ1) is 28.7. The van der Waals surface area contributed by atoms with Crippen molar-refractivity contribution in [3.63, 3.8) is 0 Å². The van der Waals surface area contributed by atoms with E-state index in [0.717, 1.165) is 37.5 Å². The molecular weight excluding hydrogens is 555 g/mol. The quantitative estimate of drug-likeness (QED) is 0.230. The number of hydrogen-bond donors (Lipinski definition) is 1. The maximum atomic E-state index is 13.2. The molecule has 10 nitrogen and oxygen atoms in total. The molecule has 0 aliphatic carbocycles. The molecule has 0 saturated carbocycles. The van der Waals surface area contributed by atoms with Gasteiger partial charge in [0.05, 0.1) is 20.8 Å². The molecule has 1 fully saturated rings. The van der Waals surface area contributed by atoms with E-state index < -0.39 is 6.10 Å². The summed E-state index contributed by atoms with van der Waals surface area (Å²) in [7, 11) is 3.23. The lowest BCUT2D eigenvalue weighted by Gasteiger charge is -2.35. The fourth-order valence-corrected chi connectivity index (χ4v) is 5.13. The minimum Gasteiger partial charge on any atom is -0.497 e. The van der Waals surface area contributed by atoms with Gasteiger partial charge in [-0.15, -0.1) is 0 Å². The van der Waals surface area contributed by atoms with Crippen LogP contribution in [0, 0.1) is 5.82 Å². The van der Waals surface area contributed by atoms with E-state index in [1.807, 2.05) is 24.3 Å². The zero-order valence-electron chi connectivity index (χ0n) is 24.0. The summed E-state index contributed by atoms with van der Waals surface area (Å²) in [6.07, 6.45) is -0.648. The first-order valence-electron chi connectivity index (χ1n) is 14.1. The Labute approximate surface area is 248 Å². The van der Waals surface area contributed by atoms with Crippen LogP contribution in [0.4, 0.5) is 4.39 Å². The van der Waals surface area contributed by atoms with Gasteiger partial charge in [-0.2, -0.15) is 0 Å². The van der Waals surface area contributed by atoms with Crippen LogP contribution in [0.1, 0.15) is 5.76 Å². The van der Waals surface area contributed by atoms with E-state index in [2.05, 4.69) is 19.9 Å². The topological polar surface area (TPSA) is 106 Å². The number of hydrogen-bond acceptors (Lipinski definition) is 10. The first-order valence-corrected chi connectivity index (χ1v) is 14.1. The summed E-state index contributed by atoms with van der Waals surface area (Å²) in [4.78, 5) is 9.03. The summed E-state index contributed by atoms with van der Waals surface area (Å²) in [5.41, 5.74) is 3.48. The van der Waals surface area contributed by atoms with E-state index in [9.17, 15) is 9.50 Å². The SMILES string of the molecule is COc1ccc(-c2cc(CN3CCN(C[C@H](O)COc4ccc5oc(-c6ccc(F)cc6)nc5c4)CC3)on2)c(OC)c1. The Kier molecular flexibility index (Phi) is 8.55. The van der Waals surface area contributed by atoms with Crippen molar-refractivity contribution in [3.8, 4) is 40.0 Å². The molecule has 1 aliphatic heterocycles. The zero-order chi connectivity index (χ0) is 29.8. The van der Waals surface area contributed by atoms with Gasteiger partial charge in [-0.1, -0.05) is 5.16 Å².